The molecule has 2 aromatic rings. The standard InChI is InChI=1S/C13H12BrFN2OS/c1-17(6-8-4-5-18-7-8)10-3-2-9(13(16)19)11(14)12(10)15/h2-5,7H,6H2,1H3,(H2,16,19). The van der Waals surface area contributed by atoms with Gasteiger partial charge >= 0.3 is 0 Å². The molecule has 0 aliphatic heterocycles. The van der Waals surface area contributed by atoms with Gasteiger partial charge < -0.3 is 15.1 Å². The van der Waals surface area contributed by atoms with Gasteiger partial charge in [-0.1, -0.05) is 12.2 Å². The predicted molar refractivity (Wildman–Crippen MR) is 80.8 cm³/mol. The Morgan fingerprint density at radius 1 is 1.47 bits per heavy atom. The van der Waals surface area contributed by atoms with Crippen LogP contribution in [0, 0.1) is 5.82 Å². The van der Waals surface area contributed by atoms with E-state index in [1.807, 2.05) is 6.07 Å². The number of hydrogen-bond donors (Lipinski definition) is 1. The van der Waals surface area contributed by atoms with E-state index in [9.17, 15) is 4.39 Å². The highest BCUT2D eigenvalue weighted by Crippen LogP contribution is 2.29. The van der Waals surface area contributed by atoms with Gasteiger partial charge in [-0.3, -0.25) is 0 Å². The average molecular weight is 343 g/mol. The van der Waals surface area contributed by atoms with Crippen molar-refractivity contribution in [2.75, 3.05) is 11.9 Å². The second kappa shape index (κ2) is 5.71. The van der Waals surface area contributed by atoms with Gasteiger partial charge in [0.2, 0.25) is 0 Å². The Kier molecular flexibility index (Phi) is 4.21. The zero-order chi connectivity index (χ0) is 14.0. The molecular formula is C13H12BrFN2OS. The molecule has 0 fully saturated rings. The summed E-state index contributed by atoms with van der Waals surface area (Å²) in [6.07, 6.45) is 3.22. The fraction of sp³-hybridized carbons (Fsp3) is 0.154. The van der Waals surface area contributed by atoms with Gasteiger partial charge in [0.1, 0.15) is 4.99 Å². The molecule has 0 aliphatic carbocycles. The molecule has 0 saturated carbocycles. The molecule has 0 radical (unpaired) electrons. The first-order valence-corrected chi connectivity index (χ1v) is 6.71. The van der Waals surface area contributed by atoms with E-state index in [0.29, 0.717) is 17.8 Å². The van der Waals surface area contributed by atoms with Crippen LogP contribution in [0.15, 0.2) is 39.6 Å². The molecule has 2 rings (SSSR count). The fourth-order valence-electron chi connectivity index (χ4n) is 1.77. The molecule has 6 heteroatoms. The minimum Gasteiger partial charge on any atom is -0.472 e. The summed E-state index contributed by atoms with van der Waals surface area (Å²) in [4.78, 5) is 1.95. The van der Waals surface area contributed by atoms with Gasteiger partial charge in [0, 0.05) is 24.7 Å². The maximum atomic E-state index is 14.3. The Morgan fingerprint density at radius 3 is 2.79 bits per heavy atom. The van der Waals surface area contributed by atoms with Crippen LogP contribution in [0.1, 0.15) is 11.1 Å². The molecule has 100 valence electrons. The van der Waals surface area contributed by atoms with Crippen LogP contribution >= 0.6 is 28.1 Å². The highest BCUT2D eigenvalue weighted by molar-refractivity contribution is 9.10. The van der Waals surface area contributed by atoms with E-state index in [2.05, 4.69) is 15.9 Å². The Hall–Kier alpha value is -1.40. The number of halogens is 2. The van der Waals surface area contributed by atoms with Crippen LogP contribution in [-0.2, 0) is 6.54 Å². The number of nitrogens with two attached hydrogens (primary N) is 1. The summed E-state index contributed by atoms with van der Waals surface area (Å²) in [5.41, 5.74) is 7.46. The SMILES string of the molecule is CN(Cc1ccoc1)c1ccc(C(N)=S)c(Br)c1F. The monoisotopic (exact) mass is 342 g/mol. The van der Waals surface area contributed by atoms with Crippen molar-refractivity contribution >= 4 is 38.8 Å². The summed E-state index contributed by atoms with van der Waals surface area (Å²) in [6.45, 7) is 0.548. The number of anilines is 1. The largest absolute Gasteiger partial charge is 0.472 e. The third-order valence-corrected chi connectivity index (χ3v) is 3.73. The lowest BCUT2D eigenvalue weighted by atomic mass is 10.1. The number of benzene rings is 1. The summed E-state index contributed by atoms with van der Waals surface area (Å²) in [5, 5.41) is 0. The normalized spacial score (nSPS) is 10.5. The Bertz CT molecular complexity index is 601. The van der Waals surface area contributed by atoms with Crippen LogP contribution < -0.4 is 10.6 Å². The van der Waals surface area contributed by atoms with E-state index in [-0.39, 0.29) is 15.3 Å². The first-order valence-electron chi connectivity index (χ1n) is 5.50. The lowest BCUT2D eigenvalue weighted by molar-refractivity contribution is 0.563. The van der Waals surface area contributed by atoms with Crippen molar-refractivity contribution in [2.45, 2.75) is 6.54 Å². The second-order valence-electron chi connectivity index (χ2n) is 4.11. The Morgan fingerprint density at radius 2 is 2.21 bits per heavy atom. The Labute approximate surface area is 124 Å². The molecule has 1 aromatic carbocycles. The topological polar surface area (TPSA) is 42.4 Å². The molecule has 0 spiro atoms. The number of rotatable bonds is 4. The van der Waals surface area contributed by atoms with Gasteiger partial charge in [-0.15, -0.1) is 0 Å². The zero-order valence-electron chi connectivity index (χ0n) is 10.2. The van der Waals surface area contributed by atoms with Gasteiger partial charge in [0.25, 0.3) is 0 Å². The molecule has 0 atom stereocenters. The van der Waals surface area contributed by atoms with Crippen LogP contribution in [-0.4, -0.2) is 12.0 Å². The molecule has 3 nitrogen and oxygen atoms in total. The molecule has 0 saturated heterocycles. The van der Waals surface area contributed by atoms with Gasteiger partial charge in [-0.2, -0.15) is 0 Å². The maximum Gasteiger partial charge on any atom is 0.161 e. The first kappa shape index (κ1) is 14.0. The van der Waals surface area contributed by atoms with E-state index >= 15 is 0 Å². The number of thiocarbonyl (C=S) groups is 1. The van der Waals surface area contributed by atoms with E-state index in [1.165, 1.54) is 0 Å². The maximum absolute atomic E-state index is 14.3. The van der Waals surface area contributed by atoms with Crippen molar-refractivity contribution in [3.8, 4) is 0 Å². The van der Waals surface area contributed by atoms with Crippen molar-refractivity contribution < 1.29 is 8.81 Å². The lowest BCUT2D eigenvalue weighted by Crippen LogP contribution is -2.19. The Balaban J connectivity index is 2.30. The zero-order valence-corrected chi connectivity index (χ0v) is 12.6. The third-order valence-electron chi connectivity index (χ3n) is 2.74. The molecule has 19 heavy (non-hydrogen) atoms. The molecule has 0 aliphatic rings. The van der Waals surface area contributed by atoms with Gasteiger partial charge in [0.15, 0.2) is 5.82 Å². The quantitative estimate of drug-likeness (QED) is 0.864. The predicted octanol–water partition coefficient (Wildman–Crippen LogP) is 3.45. The van der Waals surface area contributed by atoms with Crippen LogP contribution in [0.25, 0.3) is 0 Å². The first-order chi connectivity index (χ1) is 9.00. The van der Waals surface area contributed by atoms with Crippen LogP contribution in [0.2, 0.25) is 0 Å². The summed E-state index contributed by atoms with van der Waals surface area (Å²) < 4.78 is 19.6. The van der Waals surface area contributed by atoms with E-state index < -0.39 is 0 Å². The second-order valence-corrected chi connectivity index (χ2v) is 5.34. The van der Waals surface area contributed by atoms with Crippen LogP contribution in [0.5, 0.6) is 0 Å². The van der Waals surface area contributed by atoms with E-state index in [4.69, 9.17) is 22.4 Å². The molecule has 0 unspecified atom stereocenters. The molecule has 0 amide bonds. The van der Waals surface area contributed by atoms with Crippen molar-refractivity contribution in [2.24, 2.45) is 5.73 Å². The van der Waals surface area contributed by atoms with E-state index in [1.54, 1.807) is 36.6 Å². The lowest BCUT2D eigenvalue weighted by Gasteiger charge is -2.20. The van der Waals surface area contributed by atoms with Gasteiger partial charge in [-0.05, 0) is 34.1 Å². The summed E-state index contributed by atoms with van der Waals surface area (Å²) in [6, 6.07) is 5.21. The van der Waals surface area contributed by atoms with Crippen LogP contribution in [0.3, 0.4) is 0 Å². The summed E-state index contributed by atoms with van der Waals surface area (Å²) in [5.74, 6) is -0.378. The third kappa shape index (κ3) is 2.96. The smallest absolute Gasteiger partial charge is 0.161 e. The van der Waals surface area contributed by atoms with E-state index in [0.717, 1.165) is 5.56 Å². The molecular weight excluding hydrogens is 331 g/mol. The highest BCUT2D eigenvalue weighted by atomic mass is 79.9. The summed E-state index contributed by atoms with van der Waals surface area (Å²) in [7, 11) is 1.80. The molecule has 1 aromatic heterocycles. The van der Waals surface area contributed by atoms with Crippen molar-refractivity contribution in [3.63, 3.8) is 0 Å². The number of furan rings is 1. The fourth-order valence-corrected chi connectivity index (χ4v) is 2.62. The minimum absolute atomic E-state index is 0.162. The molecule has 1 heterocycles. The summed E-state index contributed by atoms with van der Waals surface area (Å²) >= 11 is 8.06. The molecule has 2 N–H and O–H groups in total. The van der Waals surface area contributed by atoms with Crippen molar-refractivity contribution in [1.82, 2.24) is 0 Å². The highest BCUT2D eigenvalue weighted by Gasteiger charge is 2.15. The van der Waals surface area contributed by atoms with Crippen molar-refractivity contribution in [3.05, 3.63) is 52.1 Å². The number of nitrogens with zero attached hydrogens (tertiary/aromatic N) is 1. The average Bonchev–Trinajstić information content (AvgIpc) is 2.84. The van der Waals surface area contributed by atoms with Gasteiger partial charge in [-0.25, -0.2) is 4.39 Å². The van der Waals surface area contributed by atoms with Gasteiger partial charge in [0.05, 0.1) is 22.7 Å². The molecule has 0 bridgehead atoms. The van der Waals surface area contributed by atoms with Crippen LogP contribution in [0.4, 0.5) is 10.1 Å². The van der Waals surface area contributed by atoms with Crippen molar-refractivity contribution in [1.29, 1.82) is 0 Å². The minimum atomic E-state index is -0.378. The number of hydrogen-bond acceptors (Lipinski definition) is 3.